The molecule has 3 N–H and O–H groups in total. The molecule has 1 aliphatic heterocycles. The Morgan fingerprint density at radius 1 is 1.38 bits per heavy atom. The van der Waals surface area contributed by atoms with Gasteiger partial charge in [0.25, 0.3) is 0 Å². The van der Waals surface area contributed by atoms with Crippen molar-refractivity contribution in [1.29, 1.82) is 0 Å². The fourth-order valence-corrected chi connectivity index (χ4v) is 4.20. The fraction of sp³-hybridized carbons (Fsp3) is 0.333. The highest BCUT2D eigenvalue weighted by molar-refractivity contribution is 6.31. The Morgan fingerprint density at radius 3 is 2.84 bits per heavy atom. The highest BCUT2D eigenvalue weighted by Crippen LogP contribution is 2.36. The van der Waals surface area contributed by atoms with Crippen LogP contribution in [0.15, 0.2) is 30.3 Å². The number of amides is 1. The SMILES string of the molecule is COc1nc(NC(=O)CN2CCc3c([nH]c4ccc(Cl)cc34)C2CO)ccc1C(F)(F)F. The number of rotatable bonds is 5. The number of fused-ring (bicyclic) bond motifs is 3. The lowest BCUT2D eigenvalue weighted by Gasteiger charge is -2.34. The molecule has 1 aliphatic rings. The molecule has 1 aromatic carbocycles. The van der Waals surface area contributed by atoms with Gasteiger partial charge in [-0.2, -0.15) is 18.2 Å². The number of hydrogen-bond donors (Lipinski definition) is 3. The third-order valence-corrected chi connectivity index (χ3v) is 5.71. The summed E-state index contributed by atoms with van der Waals surface area (Å²) in [7, 11) is 1.08. The quantitative estimate of drug-likeness (QED) is 0.530. The number of H-pyrrole nitrogens is 1. The molecule has 1 amide bonds. The van der Waals surface area contributed by atoms with Crippen molar-refractivity contribution in [1.82, 2.24) is 14.9 Å². The zero-order valence-corrected chi connectivity index (χ0v) is 17.7. The van der Waals surface area contributed by atoms with Crippen molar-refractivity contribution in [2.24, 2.45) is 0 Å². The van der Waals surface area contributed by atoms with Crippen molar-refractivity contribution in [2.75, 3.05) is 32.1 Å². The van der Waals surface area contributed by atoms with Gasteiger partial charge in [0.1, 0.15) is 11.4 Å². The van der Waals surface area contributed by atoms with E-state index in [0.29, 0.717) is 18.0 Å². The van der Waals surface area contributed by atoms with E-state index in [9.17, 15) is 23.1 Å². The van der Waals surface area contributed by atoms with Crippen LogP contribution in [-0.4, -0.2) is 52.7 Å². The first kappa shape index (κ1) is 22.4. The zero-order chi connectivity index (χ0) is 23.0. The van der Waals surface area contributed by atoms with Gasteiger partial charge in [0.2, 0.25) is 11.8 Å². The Bertz CT molecular complexity index is 1170. The number of aromatic amines is 1. The summed E-state index contributed by atoms with van der Waals surface area (Å²) in [5.41, 5.74) is 1.73. The number of pyridine rings is 1. The molecular formula is C21H20ClF3N4O3. The predicted molar refractivity (Wildman–Crippen MR) is 113 cm³/mol. The average Bonchev–Trinajstić information content (AvgIpc) is 3.10. The first-order valence-corrected chi connectivity index (χ1v) is 10.2. The topological polar surface area (TPSA) is 90.5 Å². The van der Waals surface area contributed by atoms with Gasteiger partial charge in [0.05, 0.1) is 26.3 Å². The van der Waals surface area contributed by atoms with Gasteiger partial charge in [-0.25, -0.2) is 0 Å². The summed E-state index contributed by atoms with van der Waals surface area (Å²) in [5.74, 6) is -1.15. The smallest absolute Gasteiger partial charge is 0.421 e. The summed E-state index contributed by atoms with van der Waals surface area (Å²) in [6.45, 7) is 0.216. The Kier molecular flexibility index (Phi) is 6.02. The number of anilines is 1. The minimum Gasteiger partial charge on any atom is -0.481 e. The van der Waals surface area contributed by atoms with Crippen LogP contribution in [0.25, 0.3) is 10.9 Å². The number of aromatic nitrogens is 2. The Balaban J connectivity index is 1.51. The van der Waals surface area contributed by atoms with Crippen LogP contribution in [0.4, 0.5) is 19.0 Å². The molecule has 3 aromatic rings. The number of halogens is 4. The molecule has 0 fully saturated rings. The first-order chi connectivity index (χ1) is 15.2. The van der Waals surface area contributed by atoms with Gasteiger partial charge in [-0.3, -0.25) is 9.69 Å². The molecule has 2 aromatic heterocycles. The number of nitrogens with zero attached hydrogens (tertiary/aromatic N) is 2. The molecule has 0 aliphatic carbocycles. The van der Waals surface area contributed by atoms with E-state index in [1.54, 1.807) is 11.0 Å². The molecule has 0 spiro atoms. The number of aliphatic hydroxyl groups is 1. The first-order valence-electron chi connectivity index (χ1n) is 9.78. The maximum Gasteiger partial charge on any atom is 0.421 e. The fourth-order valence-electron chi connectivity index (χ4n) is 4.03. The molecule has 0 bridgehead atoms. The maximum atomic E-state index is 13.0. The largest absolute Gasteiger partial charge is 0.481 e. The van der Waals surface area contributed by atoms with Crippen LogP contribution in [0.3, 0.4) is 0 Å². The number of carbonyl (C=O) groups excluding carboxylic acids is 1. The molecule has 0 saturated heterocycles. The monoisotopic (exact) mass is 468 g/mol. The lowest BCUT2D eigenvalue weighted by molar-refractivity contribution is -0.139. The van der Waals surface area contributed by atoms with E-state index in [1.165, 1.54) is 0 Å². The molecule has 170 valence electrons. The van der Waals surface area contributed by atoms with Gasteiger partial charge >= 0.3 is 6.18 Å². The summed E-state index contributed by atoms with van der Waals surface area (Å²) in [5, 5.41) is 14.1. The molecule has 7 nitrogen and oxygen atoms in total. The normalized spacial score (nSPS) is 16.8. The van der Waals surface area contributed by atoms with E-state index in [0.717, 1.165) is 41.4 Å². The van der Waals surface area contributed by atoms with Crippen molar-refractivity contribution < 1.29 is 27.8 Å². The second-order valence-electron chi connectivity index (χ2n) is 7.43. The summed E-state index contributed by atoms with van der Waals surface area (Å²) in [6, 6.07) is 6.95. The minimum absolute atomic E-state index is 0.0571. The number of aliphatic hydroxyl groups excluding tert-OH is 1. The number of nitrogens with one attached hydrogen (secondary N) is 2. The molecule has 0 radical (unpaired) electrons. The van der Waals surface area contributed by atoms with Gasteiger partial charge in [0, 0.05) is 28.2 Å². The van der Waals surface area contributed by atoms with E-state index in [4.69, 9.17) is 16.3 Å². The van der Waals surface area contributed by atoms with Crippen molar-refractivity contribution in [2.45, 2.75) is 18.6 Å². The van der Waals surface area contributed by atoms with E-state index in [-0.39, 0.29) is 19.0 Å². The van der Waals surface area contributed by atoms with E-state index in [2.05, 4.69) is 15.3 Å². The number of ether oxygens (including phenoxy) is 1. The summed E-state index contributed by atoms with van der Waals surface area (Å²) >= 11 is 6.12. The standard InChI is InChI=1S/C21H20ClF3N4O3/c1-32-20-14(21(23,24)25)3-5-17(28-20)27-18(31)9-29-7-6-12-13-8-11(22)2-4-15(13)26-19(12)16(29)10-30/h2-5,8,16,26,30H,6-7,9-10H2,1H3,(H,27,28,31). The summed E-state index contributed by atoms with van der Waals surface area (Å²) in [4.78, 5) is 21.4. The summed E-state index contributed by atoms with van der Waals surface area (Å²) in [6.07, 6.45) is -3.98. The van der Waals surface area contributed by atoms with Crippen LogP contribution >= 0.6 is 11.6 Å². The second kappa shape index (κ2) is 8.61. The zero-order valence-electron chi connectivity index (χ0n) is 17.0. The van der Waals surface area contributed by atoms with Crippen molar-refractivity contribution in [3.8, 4) is 5.88 Å². The lowest BCUT2D eigenvalue weighted by Crippen LogP contribution is -2.42. The van der Waals surface area contributed by atoms with Crippen molar-refractivity contribution in [3.63, 3.8) is 0 Å². The van der Waals surface area contributed by atoms with Crippen molar-refractivity contribution >= 4 is 34.2 Å². The highest BCUT2D eigenvalue weighted by atomic mass is 35.5. The van der Waals surface area contributed by atoms with Gasteiger partial charge in [-0.05, 0) is 42.3 Å². The molecule has 1 unspecified atom stereocenters. The molecular weight excluding hydrogens is 449 g/mol. The van der Waals surface area contributed by atoms with Crippen LogP contribution in [0.2, 0.25) is 5.02 Å². The number of alkyl halides is 3. The van der Waals surface area contributed by atoms with Gasteiger partial charge in [0.15, 0.2) is 0 Å². The van der Waals surface area contributed by atoms with Crippen molar-refractivity contribution in [3.05, 3.63) is 52.2 Å². The van der Waals surface area contributed by atoms with Crippen LogP contribution in [0.5, 0.6) is 5.88 Å². The highest BCUT2D eigenvalue weighted by Gasteiger charge is 2.35. The lowest BCUT2D eigenvalue weighted by atomic mass is 9.97. The molecule has 11 heteroatoms. The Hall–Kier alpha value is -2.82. The second-order valence-corrected chi connectivity index (χ2v) is 7.86. The van der Waals surface area contributed by atoms with E-state index < -0.39 is 29.6 Å². The minimum atomic E-state index is -4.62. The van der Waals surface area contributed by atoms with E-state index >= 15 is 0 Å². The third kappa shape index (κ3) is 4.25. The predicted octanol–water partition coefficient (Wildman–Crippen LogP) is 3.77. The van der Waals surface area contributed by atoms with Crippen LogP contribution in [-0.2, 0) is 17.4 Å². The van der Waals surface area contributed by atoms with Gasteiger partial charge in [-0.15, -0.1) is 0 Å². The number of carbonyl (C=O) groups is 1. The molecule has 4 rings (SSSR count). The average molecular weight is 469 g/mol. The molecule has 32 heavy (non-hydrogen) atoms. The Labute approximate surface area is 186 Å². The number of hydrogen-bond acceptors (Lipinski definition) is 5. The third-order valence-electron chi connectivity index (χ3n) is 5.47. The van der Waals surface area contributed by atoms with Gasteiger partial charge < -0.3 is 20.1 Å². The van der Waals surface area contributed by atoms with E-state index in [1.807, 2.05) is 12.1 Å². The molecule has 0 saturated carbocycles. The number of benzene rings is 1. The number of methoxy groups -OCH3 is 1. The van der Waals surface area contributed by atoms with Crippen LogP contribution < -0.4 is 10.1 Å². The van der Waals surface area contributed by atoms with Crippen LogP contribution in [0, 0.1) is 0 Å². The maximum absolute atomic E-state index is 13.0. The molecule has 1 atom stereocenters. The van der Waals surface area contributed by atoms with Crippen LogP contribution in [0.1, 0.15) is 22.9 Å². The molecule has 3 heterocycles. The van der Waals surface area contributed by atoms with Gasteiger partial charge in [-0.1, -0.05) is 11.6 Å². The Morgan fingerprint density at radius 2 is 2.16 bits per heavy atom. The summed E-state index contributed by atoms with van der Waals surface area (Å²) < 4.78 is 43.7.